The van der Waals surface area contributed by atoms with E-state index in [4.69, 9.17) is 4.42 Å². The molecular weight excluding hydrogens is 491 g/mol. The molecule has 4 aromatic rings. The van der Waals surface area contributed by atoms with Crippen molar-refractivity contribution in [2.24, 2.45) is 0 Å². The van der Waals surface area contributed by atoms with Gasteiger partial charge in [0.1, 0.15) is 11.3 Å². The zero-order valence-electron chi connectivity index (χ0n) is 19.0. The van der Waals surface area contributed by atoms with E-state index in [-0.39, 0.29) is 30.0 Å². The molecule has 0 radical (unpaired) electrons. The second-order valence-electron chi connectivity index (χ2n) is 8.66. The van der Waals surface area contributed by atoms with Gasteiger partial charge >= 0.3 is 6.18 Å². The Hall–Kier alpha value is -3.66. The van der Waals surface area contributed by atoms with Crippen LogP contribution in [0.25, 0.3) is 11.0 Å². The molecule has 1 fully saturated rings. The van der Waals surface area contributed by atoms with Crippen molar-refractivity contribution in [1.29, 1.82) is 0 Å². The molecule has 6 nitrogen and oxygen atoms in total. The summed E-state index contributed by atoms with van der Waals surface area (Å²) in [6.45, 7) is 1.23. The number of piperidine rings is 1. The number of thiazole rings is 1. The van der Waals surface area contributed by atoms with Crippen molar-refractivity contribution in [3.05, 3.63) is 87.6 Å². The summed E-state index contributed by atoms with van der Waals surface area (Å²) in [6, 6.07) is 13.9. The van der Waals surface area contributed by atoms with Crippen molar-refractivity contribution in [2.45, 2.75) is 31.5 Å². The largest absolute Gasteiger partial charge is 0.451 e. The fourth-order valence-electron chi connectivity index (χ4n) is 4.24. The minimum Gasteiger partial charge on any atom is -0.451 e. The molecule has 0 saturated carbocycles. The SMILES string of the molecule is O=C(NCc1ccc(C(F)(F)F)cc1)c1csc(C2CCN(C(=O)c3cc4ccccc4o3)CC2)n1. The third-order valence-corrected chi connectivity index (χ3v) is 7.26. The standard InChI is InChI=1S/C26H22F3N3O3S/c27-26(28,29)19-7-5-16(6-8-19)14-30-23(33)20-15-36-24(31-20)17-9-11-32(12-10-17)25(34)22-13-18-3-1-2-4-21(18)35-22/h1-8,13,15,17H,9-12,14H2,(H,30,33). The van der Waals surface area contributed by atoms with E-state index in [9.17, 15) is 22.8 Å². The molecule has 5 rings (SSSR count). The number of benzene rings is 2. The highest BCUT2D eigenvalue weighted by atomic mass is 32.1. The number of aromatic nitrogens is 1. The number of hydrogen-bond donors (Lipinski definition) is 1. The van der Waals surface area contributed by atoms with E-state index in [1.54, 1.807) is 16.3 Å². The first-order valence-corrected chi connectivity index (χ1v) is 12.3. The molecule has 2 aromatic heterocycles. The summed E-state index contributed by atoms with van der Waals surface area (Å²) < 4.78 is 43.8. The Bertz CT molecular complexity index is 1350. The third kappa shape index (κ3) is 5.13. The highest BCUT2D eigenvalue weighted by Gasteiger charge is 2.30. The molecule has 3 heterocycles. The minimum atomic E-state index is -4.39. The number of nitrogens with one attached hydrogen (secondary N) is 1. The maximum absolute atomic E-state index is 12.9. The molecule has 0 spiro atoms. The Labute approximate surface area is 208 Å². The molecule has 2 aromatic carbocycles. The van der Waals surface area contributed by atoms with E-state index in [1.165, 1.54) is 23.5 Å². The van der Waals surface area contributed by atoms with Crippen molar-refractivity contribution < 1.29 is 27.2 Å². The van der Waals surface area contributed by atoms with Crippen LogP contribution in [0.3, 0.4) is 0 Å². The highest BCUT2D eigenvalue weighted by molar-refractivity contribution is 7.09. The number of hydrogen-bond acceptors (Lipinski definition) is 5. The van der Waals surface area contributed by atoms with Crippen LogP contribution in [0, 0.1) is 0 Å². The van der Waals surface area contributed by atoms with Gasteiger partial charge in [0.25, 0.3) is 11.8 Å². The van der Waals surface area contributed by atoms with Crippen LogP contribution in [0.5, 0.6) is 0 Å². The van der Waals surface area contributed by atoms with E-state index in [0.717, 1.165) is 35.4 Å². The van der Waals surface area contributed by atoms with Gasteiger partial charge in [-0.1, -0.05) is 30.3 Å². The van der Waals surface area contributed by atoms with Crippen molar-refractivity contribution in [3.63, 3.8) is 0 Å². The first-order valence-electron chi connectivity index (χ1n) is 11.5. The van der Waals surface area contributed by atoms with Crippen LogP contribution in [0.2, 0.25) is 0 Å². The molecule has 1 aliphatic heterocycles. The molecular formula is C26H22F3N3O3S. The Kier molecular flexibility index (Phi) is 6.53. The van der Waals surface area contributed by atoms with Crippen LogP contribution in [-0.2, 0) is 12.7 Å². The molecule has 1 aliphatic rings. The zero-order valence-corrected chi connectivity index (χ0v) is 19.9. The van der Waals surface area contributed by atoms with Crippen molar-refractivity contribution in [1.82, 2.24) is 15.2 Å². The van der Waals surface area contributed by atoms with Crippen molar-refractivity contribution in [3.8, 4) is 0 Å². The smallest absolute Gasteiger partial charge is 0.416 e. The minimum absolute atomic E-state index is 0.103. The predicted octanol–water partition coefficient (Wildman–Crippen LogP) is 5.86. The number of para-hydroxylation sites is 1. The molecule has 2 amide bonds. The van der Waals surface area contributed by atoms with Crippen molar-refractivity contribution in [2.75, 3.05) is 13.1 Å². The number of amides is 2. The predicted molar refractivity (Wildman–Crippen MR) is 129 cm³/mol. The molecule has 0 atom stereocenters. The number of halogens is 3. The molecule has 186 valence electrons. The number of carbonyl (C=O) groups excluding carboxylic acids is 2. The van der Waals surface area contributed by atoms with E-state index in [2.05, 4.69) is 10.3 Å². The van der Waals surface area contributed by atoms with E-state index in [1.807, 2.05) is 24.3 Å². The number of likely N-dealkylation sites (tertiary alicyclic amines) is 1. The quantitative estimate of drug-likeness (QED) is 0.363. The Morgan fingerprint density at radius 3 is 2.50 bits per heavy atom. The van der Waals surface area contributed by atoms with Gasteiger partial charge in [0.2, 0.25) is 0 Å². The number of alkyl halides is 3. The fraction of sp³-hybridized carbons (Fsp3) is 0.269. The molecule has 1 saturated heterocycles. The second-order valence-corrected chi connectivity index (χ2v) is 9.55. The molecule has 36 heavy (non-hydrogen) atoms. The van der Waals surface area contributed by atoms with Crippen LogP contribution < -0.4 is 5.32 Å². The second kappa shape index (κ2) is 9.77. The maximum Gasteiger partial charge on any atom is 0.416 e. The van der Waals surface area contributed by atoms with E-state index >= 15 is 0 Å². The highest BCUT2D eigenvalue weighted by Crippen LogP contribution is 2.32. The normalized spacial score (nSPS) is 14.8. The van der Waals surface area contributed by atoms with Crippen LogP contribution >= 0.6 is 11.3 Å². The van der Waals surface area contributed by atoms with Gasteiger partial charge in [-0.3, -0.25) is 9.59 Å². The van der Waals surface area contributed by atoms with E-state index < -0.39 is 11.7 Å². The Balaban J connectivity index is 1.14. The van der Waals surface area contributed by atoms with Gasteiger partial charge in [0.15, 0.2) is 5.76 Å². The number of nitrogens with zero attached hydrogens (tertiary/aromatic N) is 2. The van der Waals surface area contributed by atoms with Gasteiger partial charge in [0, 0.05) is 36.3 Å². The van der Waals surface area contributed by atoms with Gasteiger partial charge in [-0.05, 0) is 42.7 Å². The zero-order chi connectivity index (χ0) is 25.3. The number of carbonyl (C=O) groups is 2. The lowest BCUT2D eigenvalue weighted by Crippen LogP contribution is -2.37. The van der Waals surface area contributed by atoms with Crippen LogP contribution in [0.4, 0.5) is 13.2 Å². The molecule has 0 bridgehead atoms. The van der Waals surface area contributed by atoms with Crippen LogP contribution in [0.1, 0.15) is 55.9 Å². The maximum atomic E-state index is 12.9. The number of fused-ring (bicyclic) bond motifs is 1. The summed E-state index contributed by atoms with van der Waals surface area (Å²) >= 11 is 1.40. The summed E-state index contributed by atoms with van der Waals surface area (Å²) in [4.78, 5) is 31.6. The van der Waals surface area contributed by atoms with Gasteiger partial charge in [-0.2, -0.15) is 13.2 Å². The Morgan fingerprint density at radius 2 is 1.81 bits per heavy atom. The average Bonchev–Trinajstić information content (AvgIpc) is 3.54. The molecule has 0 aliphatic carbocycles. The lowest BCUT2D eigenvalue weighted by Gasteiger charge is -2.30. The van der Waals surface area contributed by atoms with Gasteiger partial charge in [0.05, 0.1) is 10.6 Å². The molecule has 10 heteroatoms. The molecule has 1 N–H and O–H groups in total. The monoisotopic (exact) mass is 513 g/mol. The first kappa shape index (κ1) is 24.1. The summed E-state index contributed by atoms with van der Waals surface area (Å²) in [5, 5.41) is 6.12. The summed E-state index contributed by atoms with van der Waals surface area (Å²) in [6.07, 6.45) is -2.94. The van der Waals surface area contributed by atoms with Gasteiger partial charge < -0.3 is 14.6 Å². The Morgan fingerprint density at radius 1 is 1.08 bits per heavy atom. The number of furan rings is 1. The first-order chi connectivity index (χ1) is 17.3. The number of rotatable bonds is 5. The lowest BCUT2D eigenvalue weighted by molar-refractivity contribution is -0.137. The van der Waals surface area contributed by atoms with Gasteiger partial charge in [-0.15, -0.1) is 11.3 Å². The van der Waals surface area contributed by atoms with Crippen molar-refractivity contribution >= 4 is 34.1 Å². The fourth-order valence-corrected chi connectivity index (χ4v) is 5.21. The van der Waals surface area contributed by atoms with Crippen LogP contribution in [0.15, 0.2) is 64.4 Å². The molecule has 0 unspecified atom stereocenters. The lowest BCUT2D eigenvalue weighted by atomic mass is 9.97. The third-order valence-electron chi connectivity index (χ3n) is 6.26. The van der Waals surface area contributed by atoms with E-state index in [0.29, 0.717) is 30.0 Å². The average molecular weight is 514 g/mol. The van der Waals surface area contributed by atoms with Gasteiger partial charge in [-0.25, -0.2) is 4.98 Å². The summed E-state index contributed by atoms with van der Waals surface area (Å²) in [7, 11) is 0. The topological polar surface area (TPSA) is 75.4 Å². The summed E-state index contributed by atoms with van der Waals surface area (Å²) in [5.74, 6) is -0.0379. The summed E-state index contributed by atoms with van der Waals surface area (Å²) in [5.41, 5.74) is 0.797. The van der Waals surface area contributed by atoms with Crippen LogP contribution in [-0.4, -0.2) is 34.8 Å².